The van der Waals surface area contributed by atoms with Gasteiger partial charge in [0.1, 0.15) is 5.66 Å². The molecule has 0 aromatic rings. The van der Waals surface area contributed by atoms with E-state index in [1.165, 1.54) is 64.2 Å². The number of nitrogens with zero attached hydrogens (tertiary/aromatic N) is 3. The molecule has 0 bridgehead atoms. The molecule has 2 heterocycles. The number of carbonyl (C=O) groups is 1. The van der Waals surface area contributed by atoms with Crippen molar-refractivity contribution in [2.75, 3.05) is 32.8 Å². The molecule has 2 aliphatic rings. The molecular formula is C24H47N5O3. The molecule has 2 rings (SSSR count). The zero-order chi connectivity index (χ0) is 23.7. The highest BCUT2D eigenvalue weighted by atomic mass is 16.5. The number of hydrogen-bond donors (Lipinski definition) is 3. The van der Waals surface area contributed by atoms with Gasteiger partial charge in [-0.05, 0) is 20.3 Å². The monoisotopic (exact) mass is 453 g/mol. The standard InChI is InChI=1S/C22H43N5O.C2H4O2/c1-4-5-6-7-8-9-10-11-12-13-14-15-23-20-24-21(26-22(2,3)25-20)27-16-18-28-19-17-27;1-2(3)4/h4-19H2,1-3H3,(H2,23,24,25,26);1H3,(H,3,4). The molecule has 32 heavy (non-hydrogen) atoms. The summed E-state index contributed by atoms with van der Waals surface area (Å²) in [5.74, 6) is 0.943. The SMILES string of the molecule is CC(=O)O.CCCCCCCCCCCCCN=C1NC(N2CCOCC2)=NC(C)(C)N1. The van der Waals surface area contributed by atoms with Gasteiger partial charge in [0.05, 0.1) is 13.2 Å². The van der Waals surface area contributed by atoms with Crippen molar-refractivity contribution >= 4 is 17.9 Å². The van der Waals surface area contributed by atoms with Gasteiger partial charge in [-0.15, -0.1) is 0 Å². The number of guanidine groups is 2. The lowest BCUT2D eigenvalue weighted by molar-refractivity contribution is -0.134. The van der Waals surface area contributed by atoms with Gasteiger partial charge >= 0.3 is 0 Å². The number of carboxylic acids is 1. The Balaban J connectivity index is 0.00000118. The normalized spacial score (nSPS) is 18.8. The van der Waals surface area contributed by atoms with E-state index in [9.17, 15) is 0 Å². The highest BCUT2D eigenvalue weighted by Gasteiger charge is 2.28. The number of rotatable bonds is 12. The van der Waals surface area contributed by atoms with Crippen molar-refractivity contribution in [3.8, 4) is 0 Å². The third kappa shape index (κ3) is 14.3. The Morgan fingerprint density at radius 3 is 2.06 bits per heavy atom. The lowest BCUT2D eigenvalue weighted by Gasteiger charge is -2.37. The number of hydrogen-bond acceptors (Lipinski definition) is 5. The van der Waals surface area contributed by atoms with Crippen LogP contribution in [0.2, 0.25) is 0 Å². The van der Waals surface area contributed by atoms with Crippen molar-refractivity contribution < 1.29 is 14.6 Å². The Morgan fingerprint density at radius 1 is 1.03 bits per heavy atom. The van der Waals surface area contributed by atoms with Crippen LogP contribution in [0.25, 0.3) is 0 Å². The van der Waals surface area contributed by atoms with E-state index in [4.69, 9.17) is 24.6 Å². The number of carboxylic acid groups (broad SMARTS) is 1. The number of aliphatic carboxylic acids is 1. The first-order chi connectivity index (χ1) is 15.3. The van der Waals surface area contributed by atoms with Gasteiger partial charge in [0.15, 0.2) is 5.96 Å². The van der Waals surface area contributed by atoms with Crippen molar-refractivity contribution in [1.29, 1.82) is 0 Å². The van der Waals surface area contributed by atoms with E-state index in [1.54, 1.807) is 0 Å². The Hall–Kier alpha value is -1.83. The Kier molecular flexibility index (Phi) is 14.8. The van der Waals surface area contributed by atoms with Gasteiger partial charge in [-0.25, -0.2) is 4.99 Å². The molecule has 1 fully saturated rings. The fourth-order valence-electron chi connectivity index (χ4n) is 3.72. The minimum atomic E-state index is -0.833. The van der Waals surface area contributed by atoms with Crippen LogP contribution in [0.1, 0.15) is 98.3 Å². The first-order valence-corrected chi connectivity index (χ1v) is 12.6. The van der Waals surface area contributed by atoms with Crippen molar-refractivity contribution in [2.24, 2.45) is 9.98 Å². The molecule has 0 unspecified atom stereocenters. The predicted octanol–water partition coefficient (Wildman–Crippen LogP) is 4.36. The Bertz CT molecular complexity index is 568. The van der Waals surface area contributed by atoms with E-state index in [2.05, 4.69) is 36.3 Å². The summed E-state index contributed by atoms with van der Waals surface area (Å²) in [7, 11) is 0. The second-order valence-corrected chi connectivity index (χ2v) is 9.13. The number of unbranched alkanes of at least 4 members (excludes halogenated alkanes) is 10. The molecule has 8 heteroatoms. The van der Waals surface area contributed by atoms with Crippen LogP contribution in [0.4, 0.5) is 0 Å². The molecule has 0 amide bonds. The van der Waals surface area contributed by atoms with E-state index in [1.807, 2.05) is 0 Å². The van der Waals surface area contributed by atoms with E-state index >= 15 is 0 Å². The summed E-state index contributed by atoms with van der Waals surface area (Å²) in [4.78, 5) is 20.8. The molecular weight excluding hydrogens is 406 g/mol. The molecule has 0 spiro atoms. The average molecular weight is 454 g/mol. The van der Waals surface area contributed by atoms with E-state index in [0.29, 0.717) is 0 Å². The Morgan fingerprint density at radius 2 is 1.53 bits per heavy atom. The number of nitrogens with one attached hydrogen (secondary N) is 2. The largest absolute Gasteiger partial charge is 0.481 e. The summed E-state index contributed by atoms with van der Waals surface area (Å²) >= 11 is 0. The van der Waals surface area contributed by atoms with Gasteiger partial charge in [-0.2, -0.15) is 0 Å². The topological polar surface area (TPSA) is 98.5 Å². The second kappa shape index (κ2) is 16.8. The quantitative estimate of drug-likeness (QED) is 0.380. The van der Waals surface area contributed by atoms with Crippen LogP contribution in [-0.2, 0) is 9.53 Å². The van der Waals surface area contributed by atoms with E-state index in [-0.39, 0.29) is 5.66 Å². The van der Waals surface area contributed by atoms with Crippen LogP contribution in [0.5, 0.6) is 0 Å². The maximum absolute atomic E-state index is 9.00. The zero-order valence-electron chi connectivity index (χ0n) is 20.9. The summed E-state index contributed by atoms with van der Waals surface area (Å²) in [5.41, 5.74) is -0.325. The fourth-order valence-corrected chi connectivity index (χ4v) is 3.72. The van der Waals surface area contributed by atoms with Gasteiger partial charge < -0.3 is 20.1 Å². The average Bonchev–Trinajstić information content (AvgIpc) is 2.74. The first kappa shape index (κ1) is 28.2. The molecule has 1 saturated heterocycles. The zero-order valence-corrected chi connectivity index (χ0v) is 20.9. The van der Waals surface area contributed by atoms with E-state index in [0.717, 1.165) is 58.1 Å². The summed E-state index contributed by atoms with van der Waals surface area (Å²) in [5, 5.41) is 14.2. The number of morpholine rings is 1. The van der Waals surface area contributed by atoms with Crippen LogP contribution in [0.15, 0.2) is 9.98 Å². The molecule has 2 aliphatic heterocycles. The van der Waals surface area contributed by atoms with Crippen molar-refractivity contribution in [3.63, 3.8) is 0 Å². The van der Waals surface area contributed by atoms with Crippen LogP contribution in [0.3, 0.4) is 0 Å². The minimum Gasteiger partial charge on any atom is -0.481 e. The van der Waals surface area contributed by atoms with Crippen LogP contribution < -0.4 is 10.6 Å². The van der Waals surface area contributed by atoms with Gasteiger partial charge in [-0.3, -0.25) is 15.1 Å². The summed E-state index contributed by atoms with van der Waals surface area (Å²) in [6, 6.07) is 0. The number of ether oxygens (including phenoxy) is 1. The maximum atomic E-state index is 9.00. The van der Waals surface area contributed by atoms with Crippen molar-refractivity contribution in [2.45, 2.75) is 104 Å². The first-order valence-electron chi connectivity index (χ1n) is 12.6. The number of aliphatic imine (C=N–C) groups is 2. The van der Waals surface area contributed by atoms with Crippen molar-refractivity contribution in [1.82, 2.24) is 15.5 Å². The van der Waals surface area contributed by atoms with Gasteiger partial charge in [-0.1, -0.05) is 71.1 Å². The molecule has 0 aliphatic carbocycles. The van der Waals surface area contributed by atoms with Crippen LogP contribution in [0, 0.1) is 0 Å². The molecule has 0 aromatic heterocycles. The van der Waals surface area contributed by atoms with Gasteiger partial charge in [0.25, 0.3) is 5.97 Å². The third-order valence-corrected chi connectivity index (χ3v) is 5.38. The van der Waals surface area contributed by atoms with Crippen molar-refractivity contribution in [3.05, 3.63) is 0 Å². The van der Waals surface area contributed by atoms with Gasteiger partial charge in [0.2, 0.25) is 5.96 Å². The molecule has 0 atom stereocenters. The highest BCUT2D eigenvalue weighted by molar-refractivity contribution is 6.00. The highest BCUT2D eigenvalue weighted by Crippen LogP contribution is 2.12. The lowest BCUT2D eigenvalue weighted by Crippen LogP contribution is -2.61. The smallest absolute Gasteiger partial charge is 0.300 e. The molecule has 0 saturated carbocycles. The Labute approximate surface area is 195 Å². The third-order valence-electron chi connectivity index (χ3n) is 5.38. The van der Waals surface area contributed by atoms with Crippen LogP contribution >= 0.6 is 0 Å². The summed E-state index contributed by atoms with van der Waals surface area (Å²) in [6.07, 6.45) is 15.0. The molecule has 0 aromatic carbocycles. The molecule has 0 radical (unpaired) electrons. The maximum Gasteiger partial charge on any atom is 0.300 e. The van der Waals surface area contributed by atoms with Crippen LogP contribution in [-0.4, -0.2) is 66.4 Å². The summed E-state index contributed by atoms with van der Waals surface area (Å²) in [6.45, 7) is 11.7. The van der Waals surface area contributed by atoms with E-state index < -0.39 is 5.97 Å². The van der Waals surface area contributed by atoms with Gasteiger partial charge in [0, 0.05) is 26.6 Å². The minimum absolute atomic E-state index is 0.325. The molecule has 186 valence electrons. The molecule has 3 N–H and O–H groups in total. The molecule has 8 nitrogen and oxygen atoms in total. The summed E-state index contributed by atoms with van der Waals surface area (Å²) < 4.78 is 5.45. The lowest BCUT2D eigenvalue weighted by atomic mass is 10.1. The second-order valence-electron chi connectivity index (χ2n) is 9.13. The fraction of sp³-hybridized carbons (Fsp3) is 0.875. The predicted molar refractivity (Wildman–Crippen MR) is 132 cm³/mol.